The number of carbonyl (C=O) groups excluding carboxylic acids is 1. The third-order valence-corrected chi connectivity index (χ3v) is 4.43. The van der Waals surface area contributed by atoms with Crippen LogP contribution in [0.5, 0.6) is 0 Å². The van der Waals surface area contributed by atoms with E-state index in [0.717, 1.165) is 46.6 Å². The summed E-state index contributed by atoms with van der Waals surface area (Å²) in [5.74, 6) is 0.386. The molecule has 0 aliphatic carbocycles. The number of halogens is 1. The standard InChI is InChI=1S/C22H26FN5O/c1-3-24-22(27-13-16-5-4-6-19(11-16)28-15(2)29)25-10-9-17-14-26-21-12-18(23)7-8-20(17)21/h4-8,11-12,14,26H,3,9-10,13H2,1-2H3,(H,28,29)(H2,24,25,27). The molecular formula is C22H26FN5O. The molecule has 2 aromatic carbocycles. The minimum absolute atomic E-state index is 0.0966. The molecule has 1 amide bonds. The quantitative estimate of drug-likeness (QED) is 0.365. The first-order valence-corrected chi connectivity index (χ1v) is 9.69. The van der Waals surface area contributed by atoms with Gasteiger partial charge in [-0.3, -0.25) is 4.79 Å². The van der Waals surface area contributed by atoms with Gasteiger partial charge in [-0.1, -0.05) is 12.1 Å². The van der Waals surface area contributed by atoms with Crippen molar-refractivity contribution in [2.75, 3.05) is 18.4 Å². The number of aromatic amines is 1. The molecule has 0 saturated carbocycles. The zero-order valence-corrected chi connectivity index (χ0v) is 16.7. The van der Waals surface area contributed by atoms with Gasteiger partial charge in [0.05, 0.1) is 6.54 Å². The highest BCUT2D eigenvalue weighted by atomic mass is 19.1. The highest BCUT2D eigenvalue weighted by molar-refractivity contribution is 5.88. The van der Waals surface area contributed by atoms with Gasteiger partial charge in [0, 0.05) is 42.8 Å². The summed E-state index contributed by atoms with van der Waals surface area (Å²) in [6, 6.07) is 12.4. The number of hydrogen-bond acceptors (Lipinski definition) is 2. The van der Waals surface area contributed by atoms with Crippen LogP contribution in [-0.2, 0) is 17.8 Å². The molecule has 29 heavy (non-hydrogen) atoms. The first-order chi connectivity index (χ1) is 14.0. The number of benzene rings is 2. The van der Waals surface area contributed by atoms with Crippen LogP contribution in [0.15, 0.2) is 53.7 Å². The molecule has 7 heteroatoms. The van der Waals surface area contributed by atoms with Gasteiger partial charge in [-0.05, 0) is 54.8 Å². The number of rotatable bonds is 7. The van der Waals surface area contributed by atoms with Crippen molar-refractivity contribution in [3.63, 3.8) is 0 Å². The first-order valence-electron chi connectivity index (χ1n) is 9.69. The molecule has 4 N–H and O–H groups in total. The third-order valence-electron chi connectivity index (χ3n) is 4.43. The van der Waals surface area contributed by atoms with E-state index < -0.39 is 0 Å². The SMILES string of the molecule is CCNC(=NCc1cccc(NC(C)=O)c1)NCCc1c[nH]c2cc(F)ccc12. The Morgan fingerprint density at radius 2 is 2.03 bits per heavy atom. The lowest BCUT2D eigenvalue weighted by Gasteiger charge is -2.11. The predicted octanol–water partition coefficient (Wildman–Crippen LogP) is 3.56. The van der Waals surface area contributed by atoms with Crippen molar-refractivity contribution in [3.05, 3.63) is 65.6 Å². The zero-order chi connectivity index (χ0) is 20.6. The van der Waals surface area contributed by atoms with Gasteiger partial charge in [0.1, 0.15) is 5.82 Å². The van der Waals surface area contributed by atoms with E-state index in [9.17, 15) is 9.18 Å². The molecule has 0 atom stereocenters. The van der Waals surface area contributed by atoms with Crippen LogP contribution in [0.2, 0.25) is 0 Å². The highest BCUT2D eigenvalue weighted by Crippen LogP contribution is 2.19. The van der Waals surface area contributed by atoms with Crippen molar-refractivity contribution in [2.24, 2.45) is 4.99 Å². The fraction of sp³-hybridized carbons (Fsp3) is 0.273. The second kappa shape index (κ2) is 9.73. The zero-order valence-electron chi connectivity index (χ0n) is 16.7. The molecule has 3 aromatic rings. The van der Waals surface area contributed by atoms with E-state index in [1.165, 1.54) is 19.1 Å². The van der Waals surface area contributed by atoms with Crippen LogP contribution in [-0.4, -0.2) is 29.9 Å². The van der Waals surface area contributed by atoms with Crippen molar-refractivity contribution in [1.82, 2.24) is 15.6 Å². The van der Waals surface area contributed by atoms with Crippen LogP contribution >= 0.6 is 0 Å². The molecule has 0 bridgehead atoms. The van der Waals surface area contributed by atoms with Crippen molar-refractivity contribution >= 4 is 28.5 Å². The average Bonchev–Trinajstić information content (AvgIpc) is 3.08. The van der Waals surface area contributed by atoms with E-state index in [4.69, 9.17) is 0 Å². The van der Waals surface area contributed by atoms with Crippen LogP contribution in [0.1, 0.15) is 25.0 Å². The number of nitrogens with one attached hydrogen (secondary N) is 4. The summed E-state index contributed by atoms with van der Waals surface area (Å²) in [6.07, 6.45) is 2.71. The number of nitrogens with zero attached hydrogens (tertiary/aromatic N) is 1. The monoisotopic (exact) mass is 395 g/mol. The number of carbonyl (C=O) groups is 1. The summed E-state index contributed by atoms with van der Waals surface area (Å²) >= 11 is 0. The molecule has 6 nitrogen and oxygen atoms in total. The van der Waals surface area contributed by atoms with Crippen molar-refractivity contribution in [2.45, 2.75) is 26.8 Å². The molecule has 0 fully saturated rings. The van der Waals surface area contributed by atoms with Crippen molar-refractivity contribution < 1.29 is 9.18 Å². The number of aliphatic imine (C=N–C) groups is 1. The summed E-state index contributed by atoms with van der Waals surface area (Å²) in [4.78, 5) is 18.9. The van der Waals surface area contributed by atoms with E-state index in [-0.39, 0.29) is 11.7 Å². The van der Waals surface area contributed by atoms with Crippen LogP contribution in [0.3, 0.4) is 0 Å². The molecule has 0 saturated heterocycles. The second-order valence-corrected chi connectivity index (χ2v) is 6.76. The molecule has 0 radical (unpaired) electrons. The summed E-state index contributed by atoms with van der Waals surface area (Å²) in [6.45, 7) is 5.45. The molecule has 0 unspecified atom stereocenters. The maximum absolute atomic E-state index is 13.3. The molecule has 0 spiro atoms. The van der Waals surface area contributed by atoms with Gasteiger partial charge in [-0.25, -0.2) is 9.38 Å². The molecule has 1 aromatic heterocycles. The van der Waals surface area contributed by atoms with Crippen molar-refractivity contribution in [3.8, 4) is 0 Å². The van der Waals surface area contributed by atoms with Crippen molar-refractivity contribution in [1.29, 1.82) is 0 Å². The fourth-order valence-electron chi connectivity index (χ4n) is 3.14. The largest absolute Gasteiger partial charge is 0.361 e. The number of fused-ring (bicyclic) bond motifs is 1. The molecule has 1 heterocycles. The molecule has 0 aliphatic rings. The van der Waals surface area contributed by atoms with Crippen LogP contribution in [0.4, 0.5) is 10.1 Å². The van der Waals surface area contributed by atoms with Crippen LogP contribution < -0.4 is 16.0 Å². The Morgan fingerprint density at radius 1 is 1.17 bits per heavy atom. The van der Waals surface area contributed by atoms with Gasteiger partial charge in [-0.15, -0.1) is 0 Å². The number of amides is 1. The Hall–Kier alpha value is -3.35. The van der Waals surface area contributed by atoms with E-state index in [1.807, 2.05) is 37.4 Å². The summed E-state index contributed by atoms with van der Waals surface area (Å²) < 4.78 is 13.3. The normalized spacial score (nSPS) is 11.5. The first kappa shape index (κ1) is 20.4. The van der Waals surface area contributed by atoms with Gasteiger partial charge in [0.25, 0.3) is 0 Å². The second-order valence-electron chi connectivity index (χ2n) is 6.76. The van der Waals surface area contributed by atoms with E-state index in [1.54, 1.807) is 6.07 Å². The number of aromatic nitrogens is 1. The Labute approximate surface area is 169 Å². The summed E-state index contributed by atoms with van der Waals surface area (Å²) in [5.41, 5.74) is 3.71. The Bertz CT molecular complexity index is 1010. The Kier molecular flexibility index (Phi) is 6.84. The van der Waals surface area contributed by atoms with Gasteiger partial charge in [-0.2, -0.15) is 0 Å². The highest BCUT2D eigenvalue weighted by Gasteiger charge is 2.05. The lowest BCUT2D eigenvalue weighted by molar-refractivity contribution is -0.114. The van der Waals surface area contributed by atoms with Gasteiger partial charge >= 0.3 is 0 Å². The van der Waals surface area contributed by atoms with Gasteiger partial charge in [0.2, 0.25) is 5.91 Å². The number of hydrogen-bond donors (Lipinski definition) is 4. The lowest BCUT2D eigenvalue weighted by atomic mass is 10.1. The van der Waals surface area contributed by atoms with Gasteiger partial charge < -0.3 is 20.9 Å². The minimum Gasteiger partial charge on any atom is -0.361 e. The third kappa shape index (κ3) is 5.81. The smallest absolute Gasteiger partial charge is 0.221 e. The maximum Gasteiger partial charge on any atom is 0.221 e. The Morgan fingerprint density at radius 3 is 2.83 bits per heavy atom. The topological polar surface area (TPSA) is 81.3 Å². The maximum atomic E-state index is 13.3. The molecule has 152 valence electrons. The molecule has 3 rings (SSSR count). The summed E-state index contributed by atoms with van der Waals surface area (Å²) in [7, 11) is 0. The van der Waals surface area contributed by atoms with E-state index in [2.05, 4.69) is 25.9 Å². The number of guanidine groups is 1. The molecular weight excluding hydrogens is 369 g/mol. The minimum atomic E-state index is -0.242. The Balaban J connectivity index is 1.60. The summed E-state index contributed by atoms with van der Waals surface area (Å²) in [5, 5.41) is 10.4. The van der Waals surface area contributed by atoms with Crippen LogP contribution in [0, 0.1) is 5.82 Å². The number of H-pyrrole nitrogens is 1. The average molecular weight is 395 g/mol. The van der Waals surface area contributed by atoms with E-state index in [0.29, 0.717) is 13.1 Å². The van der Waals surface area contributed by atoms with Crippen LogP contribution in [0.25, 0.3) is 10.9 Å². The van der Waals surface area contributed by atoms with E-state index >= 15 is 0 Å². The van der Waals surface area contributed by atoms with Gasteiger partial charge in [0.15, 0.2) is 5.96 Å². The number of anilines is 1. The molecule has 0 aliphatic heterocycles. The fourth-order valence-corrected chi connectivity index (χ4v) is 3.14. The predicted molar refractivity (Wildman–Crippen MR) is 116 cm³/mol. The lowest BCUT2D eigenvalue weighted by Crippen LogP contribution is -2.38.